The summed E-state index contributed by atoms with van der Waals surface area (Å²) in [6.45, 7) is 1.21. The molecule has 3 unspecified atom stereocenters. The van der Waals surface area contributed by atoms with Gasteiger partial charge >= 0.3 is 0 Å². The highest BCUT2D eigenvalue weighted by Crippen LogP contribution is 2.32. The van der Waals surface area contributed by atoms with Crippen molar-refractivity contribution < 1.29 is 0 Å². The van der Waals surface area contributed by atoms with E-state index in [2.05, 4.69) is 50.8 Å². The molecule has 2 nitrogen and oxygen atoms in total. The van der Waals surface area contributed by atoms with Gasteiger partial charge in [0.15, 0.2) is 0 Å². The number of nitrogens with one attached hydrogen (secondary N) is 2. The van der Waals surface area contributed by atoms with E-state index in [0.29, 0.717) is 6.04 Å². The van der Waals surface area contributed by atoms with Crippen LogP contribution in [0.3, 0.4) is 0 Å². The standard InChI is InChI=1S/C16H23BrN2/c17-12-7-9-13(10-8-12)19-16-5-2-1-4-14(16)15-6-3-11-18-15/h7-10,14-16,18-19H,1-6,11H2. The molecule has 0 amide bonds. The Morgan fingerprint density at radius 3 is 2.53 bits per heavy atom. The van der Waals surface area contributed by atoms with Crippen molar-refractivity contribution in [3.63, 3.8) is 0 Å². The van der Waals surface area contributed by atoms with Gasteiger partial charge in [-0.25, -0.2) is 0 Å². The van der Waals surface area contributed by atoms with Crippen molar-refractivity contribution >= 4 is 21.6 Å². The molecule has 1 heterocycles. The highest BCUT2D eigenvalue weighted by Gasteiger charge is 2.33. The Kier molecular flexibility index (Phi) is 4.44. The minimum absolute atomic E-state index is 0.644. The lowest BCUT2D eigenvalue weighted by Gasteiger charge is -2.36. The maximum absolute atomic E-state index is 3.77. The third-order valence-electron chi connectivity index (χ3n) is 4.63. The van der Waals surface area contributed by atoms with Crippen LogP contribution in [0.4, 0.5) is 5.69 Å². The fourth-order valence-electron chi connectivity index (χ4n) is 3.66. The van der Waals surface area contributed by atoms with E-state index in [4.69, 9.17) is 0 Å². The molecule has 19 heavy (non-hydrogen) atoms. The molecule has 1 aliphatic carbocycles. The molecule has 0 bridgehead atoms. The Hall–Kier alpha value is -0.540. The zero-order valence-electron chi connectivity index (χ0n) is 11.4. The Balaban J connectivity index is 1.67. The van der Waals surface area contributed by atoms with Crippen LogP contribution in [0.5, 0.6) is 0 Å². The summed E-state index contributed by atoms with van der Waals surface area (Å²) in [4.78, 5) is 0. The quantitative estimate of drug-likeness (QED) is 0.872. The lowest BCUT2D eigenvalue weighted by molar-refractivity contribution is 0.263. The first-order chi connectivity index (χ1) is 9.33. The van der Waals surface area contributed by atoms with E-state index in [1.807, 2.05) is 0 Å². The van der Waals surface area contributed by atoms with Crippen LogP contribution in [-0.2, 0) is 0 Å². The second-order valence-electron chi connectivity index (χ2n) is 5.91. The monoisotopic (exact) mass is 322 g/mol. The van der Waals surface area contributed by atoms with Crippen LogP contribution >= 0.6 is 15.9 Å². The van der Waals surface area contributed by atoms with Crippen LogP contribution in [0.2, 0.25) is 0 Å². The molecule has 3 heteroatoms. The lowest BCUT2D eigenvalue weighted by atomic mass is 9.79. The van der Waals surface area contributed by atoms with Crippen molar-refractivity contribution in [2.24, 2.45) is 5.92 Å². The van der Waals surface area contributed by atoms with Crippen LogP contribution in [-0.4, -0.2) is 18.6 Å². The molecule has 1 aromatic carbocycles. The van der Waals surface area contributed by atoms with Crippen molar-refractivity contribution in [3.05, 3.63) is 28.7 Å². The average Bonchev–Trinajstić information content (AvgIpc) is 2.96. The second kappa shape index (κ2) is 6.27. The number of rotatable bonds is 3. The van der Waals surface area contributed by atoms with Gasteiger partial charge in [0.2, 0.25) is 0 Å². The van der Waals surface area contributed by atoms with Gasteiger partial charge in [0.25, 0.3) is 0 Å². The maximum atomic E-state index is 3.77. The molecule has 0 radical (unpaired) electrons. The Labute approximate surface area is 124 Å². The maximum Gasteiger partial charge on any atom is 0.0343 e. The Morgan fingerprint density at radius 2 is 1.79 bits per heavy atom. The fraction of sp³-hybridized carbons (Fsp3) is 0.625. The van der Waals surface area contributed by atoms with Crippen molar-refractivity contribution in [2.75, 3.05) is 11.9 Å². The molecule has 1 aromatic rings. The van der Waals surface area contributed by atoms with Crippen molar-refractivity contribution in [1.82, 2.24) is 5.32 Å². The first-order valence-corrected chi connectivity index (χ1v) is 8.38. The van der Waals surface area contributed by atoms with Crippen molar-refractivity contribution in [3.8, 4) is 0 Å². The zero-order chi connectivity index (χ0) is 13.1. The first kappa shape index (κ1) is 13.4. The molecule has 3 atom stereocenters. The van der Waals surface area contributed by atoms with E-state index >= 15 is 0 Å². The van der Waals surface area contributed by atoms with E-state index in [9.17, 15) is 0 Å². The van der Waals surface area contributed by atoms with Gasteiger partial charge in [0, 0.05) is 22.2 Å². The number of halogens is 1. The molecular weight excluding hydrogens is 300 g/mol. The summed E-state index contributed by atoms with van der Waals surface area (Å²) in [6, 6.07) is 9.98. The minimum Gasteiger partial charge on any atom is -0.382 e. The third kappa shape index (κ3) is 3.32. The zero-order valence-corrected chi connectivity index (χ0v) is 13.0. The molecule has 1 saturated heterocycles. The second-order valence-corrected chi connectivity index (χ2v) is 6.82. The van der Waals surface area contributed by atoms with Gasteiger partial charge in [0.05, 0.1) is 0 Å². The summed E-state index contributed by atoms with van der Waals surface area (Å²) in [5.74, 6) is 0.805. The van der Waals surface area contributed by atoms with Crippen molar-refractivity contribution in [2.45, 2.75) is 50.6 Å². The van der Waals surface area contributed by atoms with Gasteiger partial charge in [-0.1, -0.05) is 28.8 Å². The molecule has 0 aromatic heterocycles. The summed E-state index contributed by atoms with van der Waals surface area (Å²) in [5.41, 5.74) is 1.26. The SMILES string of the molecule is Brc1ccc(NC2CCCCC2C2CCCN2)cc1. The fourth-order valence-corrected chi connectivity index (χ4v) is 3.92. The van der Waals surface area contributed by atoms with Crippen LogP contribution in [0.25, 0.3) is 0 Å². The van der Waals surface area contributed by atoms with E-state index in [1.54, 1.807) is 0 Å². The minimum atomic E-state index is 0.644. The molecule has 2 aliphatic rings. The molecule has 3 rings (SSSR count). The summed E-state index contributed by atoms with van der Waals surface area (Å²) < 4.78 is 1.15. The summed E-state index contributed by atoms with van der Waals surface area (Å²) >= 11 is 3.50. The highest BCUT2D eigenvalue weighted by atomic mass is 79.9. The van der Waals surface area contributed by atoms with Crippen LogP contribution in [0.15, 0.2) is 28.7 Å². The molecule has 0 spiro atoms. The summed E-state index contributed by atoms with van der Waals surface area (Å²) in [7, 11) is 0. The number of anilines is 1. The average molecular weight is 323 g/mol. The van der Waals surface area contributed by atoms with Crippen LogP contribution < -0.4 is 10.6 Å². The van der Waals surface area contributed by atoms with Crippen LogP contribution in [0, 0.1) is 5.92 Å². The molecule has 2 fully saturated rings. The van der Waals surface area contributed by atoms with Gasteiger partial charge in [-0.2, -0.15) is 0 Å². The topological polar surface area (TPSA) is 24.1 Å². The van der Waals surface area contributed by atoms with Gasteiger partial charge in [-0.3, -0.25) is 0 Å². The molecular formula is C16H23BrN2. The van der Waals surface area contributed by atoms with E-state index in [1.165, 1.54) is 50.8 Å². The molecule has 1 saturated carbocycles. The highest BCUT2D eigenvalue weighted by molar-refractivity contribution is 9.10. The molecule has 1 aliphatic heterocycles. The van der Waals surface area contributed by atoms with Gasteiger partial charge in [-0.15, -0.1) is 0 Å². The van der Waals surface area contributed by atoms with Gasteiger partial charge in [0.1, 0.15) is 0 Å². The summed E-state index contributed by atoms with van der Waals surface area (Å²) in [5, 5.41) is 7.48. The predicted molar refractivity (Wildman–Crippen MR) is 84.5 cm³/mol. The number of hydrogen-bond acceptors (Lipinski definition) is 2. The first-order valence-electron chi connectivity index (χ1n) is 7.58. The lowest BCUT2D eigenvalue weighted by Crippen LogP contribution is -2.43. The number of hydrogen-bond donors (Lipinski definition) is 2. The van der Waals surface area contributed by atoms with E-state index < -0.39 is 0 Å². The smallest absolute Gasteiger partial charge is 0.0343 e. The van der Waals surface area contributed by atoms with E-state index in [0.717, 1.165) is 16.4 Å². The largest absolute Gasteiger partial charge is 0.382 e. The third-order valence-corrected chi connectivity index (χ3v) is 5.16. The molecule has 104 valence electrons. The van der Waals surface area contributed by atoms with Crippen molar-refractivity contribution in [1.29, 1.82) is 0 Å². The Bertz CT molecular complexity index is 398. The molecule has 2 N–H and O–H groups in total. The van der Waals surface area contributed by atoms with E-state index in [-0.39, 0.29) is 0 Å². The normalized spacial score (nSPS) is 31.3. The summed E-state index contributed by atoms with van der Waals surface area (Å²) in [6.07, 6.45) is 8.19. The number of benzene rings is 1. The van der Waals surface area contributed by atoms with Crippen LogP contribution in [0.1, 0.15) is 38.5 Å². The van der Waals surface area contributed by atoms with Gasteiger partial charge in [-0.05, 0) is 62.4 Å². The predicted octanol–water partition coefficient (Wildman–Crippen LogP) is 4.17. The Morgan fingerprint density at radius 1 is 1.00 bits per heavy atom. The van der Waals surface area contributed by atoms with Gasteiger partial charge < -0.3 is 10.6 Å².